The van der Waals surface area contributed by atoms with E-state index in [1.54, 1.807) is 18.3 Å². The maximum atomic E-state index is 9.21. The number of rotatable bonds is 0. The molecule has 0 amide bonds. The maximum absolute atomic E-state index is 9.21. The van der Waals surface area contributed by atoms with Crippen molar-refractivity contribution in [3.05, 3.63) is 30.1 Å². The Morgan fingerprint density at radius 2 is 2.33 bits per heavy atom. The lowest BCUT2D eigenvalue weighted by molar-refractivity contribution is 0.481. The topological polar surface area (TPSA) is 61.3 Å². The van der Waals surface area contributed by atoms with Crippen molar-refractivity contribution in [3.8, 4) is 11.8 Å². The highest BCUT2D eigenvalue weighted by molar-refractivity contribution is 5.58. The molecule has 0 fully saturated rings. The van der Waals surface area contributed by atoms with Crippen LogP contribution in [0.5, 0.6) is 5.75 Å². The molecule has 0 unspecified atom stereocenters. The monoisotopic (exact) mass is 159 g/mol. The zero-order valence-corrected chi connectivity index (χ0v) is 6.10. The quantitative estimate of drug-likeness (QED) is 0.621. The highest BCUT2D eigenvalue weighted by Gasteiger charge is 2.00. The van der Waals surface area contributed by atoms with E-state index in [0.717, 1.165) is 0 Å². The van der Waals surface area contributed by atoms with Crippen molar-refractivity contribution in [1.82, 2.24) is 9.61 Å². The van der Waals surface area contributed by atoms with Crippen LogP contribution < -0.4 is 0 Å². The molecular weight excluding hydrogens is 154 g/mol. The van der Waals surface area contributed by atoms with Gasteiger partial charge in [0.2, 0.25) is 0 Å². The molecule has 2 aromatic rings. The number of pyridine rings is 1. The van der Waals surface area contributed by atoms with E-state index in [1.165, 1.54) is 10.7 Å². The van der Waals surface area contributed by atoms with Crippen molar-refractivity contribution in [3.63, 3.8) is 0 Å². The van der Waals surface area contributed by atoms with Gasteiger partial charge in [-0.25, -0.2) is 4.52 Å². The summed E-state index contributed by atoms with van der Waals surface area (Å²) in [5.74, 6) is 0.125. The van der Waals surface area contributed by atoms with E-state index >= 15 is 0 Å². The largest absolute Gasteiger partial charge is 0.504 e. The zero-order chi connectivity index (χ0) is 8.55. The molecule has 2 heterocycles. The number of nitrogens with zero attached hydrogens (tertiary/aromatic N) is 3. The van der Waals surface area contributed by atoms with E-state index in [9.17, 15) is 5.11 Å². The fourth-order valence-corrected chi connectivity index (χ4v) is 1.04. The highest BCUT2D eigenvalue weighted by Crippen LogP contribution is 2.16. The van der Waals surface area contributed by atoms with E-state index < -0.39 is 0 Å². The van der Waals surface area contributed by atoms with Crippen molar-refractivity contribution in [2.45, 2.75) is 0 Å². The Hall–Kier alpha value is -2.02. The lowest BCUT2D eigenvalue weighted by Crippen LogP contribution is -1.86. The Kier molecular flexibility index (Phi) is 1.25. The second-order valence-corrected chi connectivity index (χ2v) is 2.39. The first kappa shape index (κ1) is 6.68. The van der Waals surface area contributed by atoms with Crippen LogP contribution in [0.3, 0.4) is 0 Å². The van der Waals surface area contributed by atoms with E-state index in [1.807, 2.05) is 6.07 Å². The summed E-state index contributed by atoms with van der Waals surface area (Å²) < 4.78 is 1.47. The highest BCUT2D eigenvalue weighted by atomic mass is 16.3. The number of fused-ring (bicyclic) bond motifs is 1. The average molecular weight is 159 g/mol. The summed E-state index contributed by atoms with van der Waals surface area (Å²) in [4.78, 5) is 0. The first-order valence-electron chi connectivity index (χ1n) is 3.38. The second kappa shape index (κ2) is 2.24. The summed E-state index contributed by atoms with van der Waals surface area (Å²) in [6.45, 7) is 0. The summed E-state index contributed by atoms with van der Waals surface area (Å²) in [6.07, 6.45) is 2.91. The maximum Gasteiger partial charge on any atom is 0.161 e. The molecule has 0 aromatic carbocycles. The van der Waals surface area contributed by atoms with Gasteiger partial charge < -0.3 is 5.11 Å². The van der Waals surface area contributed by atoms with Gasteiger partial charge >= 0.3 is 0 Å². The number of aromatic hydroxyl groups is 1. The Morgan fingerprint density at radius 1 is 1.50 bits per heavy atom. The fourth-order valence-electron chi connectivity index (χ4n) is 1.04. The average Bonchev–Trinajstić information content (AvgIpc) is 2.47. The Bertz CT molecular complexity index is 467. The van der Waals surface area contributed by atoms with Crippen LogP contribution >= 0.6 is 0 Å². The minimum absolute atomic E-state index is 0.125. The molecule has 0 saturated heterocycles. The van der Waals surface area contributed by atoms with Crippen LogP contribution in [0, 0.1) is 11.3 Å². The lowest BCUT2D eigenvalue weighted by Gasteiger charge is -1.92. The zero-order valence-electron chi connectivity index (χ0n) is 6.10. The predicted octanol–water partition coefficient (Wildman–Crippen LogP) is 0.912. The molecule has 0 radical (unpaired) electrons. The van der Waals surface area contributed by atoms with Crippen molar-refractivity contribution >= 4 is 5.52 Å². The number of hydrogen-bond donors (Lipinski definition) is 1. The minimum atomic E-state index is 0.125. The first-order chi connectivity index (χ1) is 5.81. The van der Waals surface area contributed by atoms with Crippen LogP contribution in [0.2, 0.25) is 0 Å². The Balaban J connectivity index is 2.80. The summed E-state index contributed by atoms with van der Waals surface area (Å²) in [7, 11) is 0. The molecule has 0 aliphatic carbocycles. The number of hydrogen-bond acceptors (Lipinski definition) is 3. The van der Waals surface area contributed by atoms with E-state index in [-0.39, 0.29) is 5.75 Å². The summed E-state index contributed by atoms with van der Waals surface area (Å²) in [5.41, 5.74) is 1.12. The van der Waals surface area contributed by atoms with E-state index in [4.69, 9.17) is 5.26 Å². The van der Waals surface area contributed by atoms with Gasteiger partial charge in [0.05, 0.1) is 11.8 Å². The van der Waals surface area contributed by atoms with Gasteiger partial charge in [0.1, 0.15) is 11.6 Å². The van der Waals surface area contributed by atoms with Crippen LogP contribution in [0.15, 0.2) is 24.5 Å². The molecule has 4 nitrogen and oxygen atoms in total. The van der Waals surface area contributed by atoms with Crippen LogP contribution in [0.1, 0.15) is 5.56 Å². The van der Waals surface area contributed by atoms with Gasteiger partial charge in [-0.1, -0.05) is 0 Å². The molecule has 0 spiro atoms. The molecule has 4 heteroatoms. The van der Waals surface area contributed by atoms with Gasteiger partial charge in [0, 0.05) is 6.20 Å². The van der Waals surface area contributed by atoms with Crippen molar-refractivity contribution < 1.29 is 5.11 Å². The van der Waals surface area contributed by atoms with Crippen LogP contribution in [0.25, 0.3) is 5.52 Å². The minimum Gasteiger partial charge on any atom is -0.504 e. The first-order valence-corrected chi connectivity index (χ1v) is 3.38. The SMILES string of the molecule is N#Cc1ccc2c(O)cnn2c1. The Morgan fingerprint density at radius 3 is 3.08 bits per heavy atom. The summed E-state index contributed by atoms with van der Waals surface area (Å²) in [6, 6.07) is 5.28. The number of nitriles is 1. The third-order valence-corrected chi connectivity index (χ3v) is 1.62. The third kappa shape index (κ3) is 0.805. The molecule has 12 heavy (non-hydrogen) atoms. The van der Waals surface area contributed by atoms with Crippen LogP contribution in [0.4, 0.5) is 0 Å². The summed E-state index contributed by atoms with van der Waals surface area (Å²) >= 11 is 0. The fraction of sp³-hybridized carbons (Fsp3) is 0. The lowest BCUT2D eigenvalue weighted by atomic mass is 10.3. The molecule has 0 atom stereocenters. The molecule has 1 N–H and O–H groups in total. The molecule has 0 aliphatic heterocycles. The van der Waals surface area contributed by atoms with Crippen LogP contribution in [-0.2, 0) is 0 Å². The molecule has 2 aromatic heterocycles. The standard InChI is InChI=1S/C8H5N3O/c9-3-6-1-2-7-8(12)4-10-11(7)5-6/h1-2,4-5,12H. The molecule has 0 bridgehead atoms. The van der Waals surface area contributed by atoms with E-state index in [0.29, 0.717) is 11.1 Å². The smallest absolute Gasteiger partial charge is 0.161 e. The Labute approximate surface area is 68.3 Å². The molecular formula is C8H5N3O. The molecule has 0 aliphatic rings. The van der Waals surface area contributed by atoms with Crippen LogP contribution in [-0.4, -0.2) is 14.7 Å². The van der Waals surface area contributed by atoms with E-state index in [2.05, 4.69) is 5.10 Å². The van der Waals surface area contributed by atoms with Gasteiger partial charge in [0.15, 0.2) is 5.75 Å². The third-order valence-electron chi connectivity index (χ3n) is 1.62. The van der Waals surface area contributed by atoms with Gasteiger partial charge in [-0.2, -0.15) is 10.4 Å². The van der Waals surface area contributed by atoms with Crippen molar-refractivity contribution in [2.24, 2.45) is 0 Å². The molecule has 58 valence electrons. The van der Waals surface area contributed by atoms with Gasteiger partial charge in [-0.3, -0.25) is 0 Å². The predicted molar refractivity (Wildman–Crippen MR) is 41.6 cm³/mol. The normalized spacial score (nSPS) is 9.92. The van der Waals surface area contributed by atoms with Crippen molar-refractivity contribution in [1.29, 1.82) is 5.26 Å². The molecule has 0 saturated carbocycles. The van der Waals surface area contributed by atoms with Gasteiger partial charge in [-0.05, 0) is 12.1 Å². The summed E-state index contributed by atoms with van der Waals surface area (Å²) in [5, 5.41) is 21.6. The van der Waals surface area contributed by atoms with Gasteiger partial charge in [-0.15, -0.1) is 0 Å². The van der Waals surface area contributed by atoms with Crippen molar-refractivity contribution in [2.75, 3.05) is 0 Å². The molecule has 2 rings (SSSR count). The second-order valence-electron chi connectivity index (χ2n) is 2.39. The number of aromatic nitrogens is 2. The van der Waals surface area contributed by atoms with Gasteiger partial charge in [0.25, 0.3) is 0 Å².